The van der Waals surface area contributed by atoms with Crippen molar-refractivity contribution in [3.8, 4) is 28.6 Å². The van der Waals surface area contributed by atoms with E-state index in [2.05, 4.69) is 20.5 Å². The Labute approximate surface area is 184 Å². The molecule has 32 heavy (non-hydrogen) atoms. The van der Waals surface area contributed by atoms with Gasteiger partial charge in [0.25, 0.3) is 11.8 Å². The first kappa shape index (κ1) is 21.2. The number of aromatic amines is 1. The van der Waals surface area contributed by atoms with Crippen LogP contribution in [0.1, 0.15) is 34.9 Å². The van der Waals surface area contributed by atoms with Gasteiger partial charge in [0.1, 0.15) is 5.82 Å². The Hall–Kier alpha value is -4.08. The van der Waals surface area contributed by atoms with E-state index in [1.165, 1.54) is 26.4 Å². The highest BCUT2D eigenvalue weighted by molar-refractivity contribution is 6.05. The summed E-state index contributed by atoms with van der Waals surface area (Å²) in [6, 6.07) is 10.3. The van der Waals surface area contributed by atoms with Crippen LogP contribution in [0.5, 0.6) is 17.2 Å². The van der Waals surface area contributed by atoms with Crippen LogP contribution in [0.25, 0.3) is 11.4 Å². The van der Waals surface area contributed by atoms with Gasteiger partial charge >= 0.3 is 0 Å². The second kappa shape index (κ2) is 8.96. The number of H-pyrrole nitrogens is 1. The highest BCUT2D eigenvalue weighted by atomic mass is 16.5. The zero-order chi connectivity index (χ0) is 22.7. The van der Waals surface area contributed by atoms with Crippen LogP contribution < -0.4 is 25.3 Å². The molecule has 1 aliphatic carbocycles. The Morgan fingerprint density at radius 1 is 1.16 bits per heavy atom. The van der Waals surface area contributed by atoms with Gasteiger partial charge in [-0.05, 0) is 37.1 Å². The fourth-order valence-corrected chi connectivity index (χ4v) is 3.18. The summed E-state index contributed by atoms with van der Waals surface area (Å²) in [4.78, 5) is 28.5. The normalized spacial score (nSPS) is 12.8. The number of methoxy groups -OCH3 is 2. The second-order valence-electron chi connectivity index (χ2n) is 7.32. The zero-order valence-electron chi connectivity index (χ0n) is 17.7. The maximum absolute atomic E-state index is 12.9. The number of ether oxygens (including phenoxy) is 3. The Balaban J connectivity index is 1.54. The van der Waals surface area contributed by atoms with Gasteiger partial charge in [-0.3, -0.25) is 14.7 Å². The lowest BCUT2D eigenvalue weighted by atomic mass is 10.1. The number of rotatable bonds is 9. The minimum Gasteiger partial charge on any atom is -0.493 e. The molecule has 1 aliphatic rings. The highest BCUT2D eigenvalue weighted by Gasteiger charge is 2.27. The summed E-state index contributed by atoms with van der Waals surface area (Å²) in [5, 5.41) is 10.1. The largest absolute Gasteiger partial charge is 0.493 e. The number of anilines is 1. The fourth-order valence-electron chi connectivity index (χ4n) is 3.18. The SMILES string of the molecule is COc1cc(C(=O)Nc2cccc(-c3n[nH]c(C4CC4)n3)c2)cc(OC)c1OCC(N)=O. The number of amides is 2. The van der Waals surface area contributed by atoms with E-state index in [1.54, 1.807) is 12.1 Å². The zero-order valence-corrected chi connectivity index (χ0v) is 17.7. The minimum absolute atomic E-state index is 0.184. The van der Waals surface area contributed by atoms with E-state index < -0.39 is 5.91 Å². The first-order chi connectivity index (χ1) is 15.5. The topological polar surface area (TPSA) is 141 Å². The molecule has 1 fully saturated rings. The predicted molar refractivity (Wildman–Crippen MR) is 116 cm³/mol. The summed E-state index contributed by atoms with van der Waals surface area (Å²) >= 11 is 0. The van der Waals surface area contributed by atoms with Crippen molar-refractivity contribution in [2.75, 3.05) is 26.1 Å². The van der Waals surface area contributed by atoms with Gasteiger partial charge < -0.3 is 25.3 Å². The lowest BCUT2D eigenvalue weighted by molar-refractivity contribution is -0.120. The van der Waals surface area contributed by atoms with E-state index in [9.17, 15) is 9.59 Å². The molecule has 1 aromatic heterocycles. The molecule has 3 aromatic rings. The quantitative estimate of drug-likeness (QED) is 0.467. The molecule has 0 unspecified atom stereocenters. The number of nitrogens with zero attached hydrogens (tertiary/aromatic N) is 2. The fraction of sp³-hybridized carbons (Fsp3) is 0.273. The first-order valence-corrected chi connectivity index (χ1v) is 9.99. The van der Waals surface area contributed by atoms with E-state index in [0.717, 1.165) is 24.2 Å². The number of carbonyl (C=O) groups is 2. The first-order valence-electron chi connectivity index (χ1n) is 9.99. The summed E-state index contributed by atoms with van der Waals surface area (Å²) in [5.41, 5.74) is 6.79. The Morgan fingerprint density at radius 2 is 1.88 bits per heavy atom. The number of carbonyl (C=O) groups excluding carboxylic acids is 2. The summed E-state index contributed by atoms with van der Waals surface area (Å²) in [5.74, 6) is 1.58. The molecule has 10 nitrogen and oxygen atoms in total. The maximum Gasteiger partial charge on any atom is 0.255 e. The molecule has 0 spiro atoms. The molecular formula is C22H23N5O5. The molecule has 0 bridgehead atoms. The average Bonchev–Trinajstić information content (AvgIpc) is 3.53. The minimum atomic E-state index is -0.647. The molecule has 0 aliphatic heterocycles. The second-order valence-corrected chi connectivity index (χ2v) is 7.32. The molecule has 4 N–H and O–H groups in total. The number of hydrogen-bond donors (Lipinski definition) is 3. The summed E-state index contributed by atoms with van der Waals surface area (Å²) in [6.07, 6.45) is 2.26. The third-order valence-electron chi connectivity index (χ3n) is 4.93. The smallest absolute Gasteiger partial charge is 0.255 e. The molecule has 1 saturated carbocycles. The molecule has 2 amide bonds. The van der Waals surface area contributed by atoms with E-state index >= 15 is 0 Å². The number of nitrogens with one attached hydrogen (secondary N) is 2. The number of nitrogens with two attached hydrogens (primary N) is 1. The monoisotopic (exact) mass is 437 g/mol. The molecule has 0 saturated heterocycles. The van der Waals surface area contributed by atoms with Crippen LogP contribution in [0.15, 0.2) is 36.4 Å². The summed E-state index contributed by atoms with van der Waals surface area (Å²) in [7, 11) is 2.84. The lowest BCUT2D eigenvalue weighted by Gasteiger charge is -2.15. The van der Waals surface area contributed by atoms with Crippen LogP contribution in [-0.4, -0.2) is 47.8 Å². The third kappa shape index (κ3) is 4.64. The molecule has 0 radical (unpaired) electrons. The maximum atomic E-state index is 12.9. The molecule has 10 heteroatoms. The Morgan fingerprint density at radius 3 is 2.50 bits per heavy atom. The summed E-state index contributed by atoms with van der Waals surface area (Å²) in [6.45, 7) is -0.352. The van der Waals surface area contributed by atoms with Crippen molar-refractivity contribution in [1.29, 1.82) is 0 Å². The predicted octanol–water partition coefficient (Wildman–Crippen LogP) is 2.48. The standard InChI is InChI=1S/C22H23N5O5/c1-30-16-9-14(10-17(31-2)19(16)32-11-18(23)28)22(29)24-15-5-3-4-13(8-15)21-25-20(26-27-21)12-6-7-12/h3-5,8-10,12H,6-7,11H2,1-2H3,(H2,23,28)(H,24,29)(H,25,26,27). The Kier molecular flexibility index (Phi) is 5.93. The van der Waals surface area contributed by atoms with Crippen LogP contribution >= 0.6 is 0 Å². The van der Waals surface area contributed by atoms with Crippen molar-refractivity contribution in [2.45, 2.75) is 18.8 Å². The van der Waals surface area contributed by atoms with Gasteiger partial charge in [0, 0.05) is 22.7 Å². The van der Waals surface area contributed by atoms with Gasteiger partial charge in [0.15, 0.2) is 23.9 Å². The van der Waals surface area contributed by atoms with Crippen molar-refractivity contribution in [3.63, 3.8) is 0 Å². The third-order valence-corrected chi connectivity index (χ3v) is 4.93. The van der Waals surface area contributed by atoms with Crippen LogP contribution in [0, 0.1) is 0 Å². The van der Waals surface area contributed by atoms with Crippen LogP contribution in [0.2, 0.25) is 0 Å². The molecule has 4 rings (SSSR count). The van der Waals surface area contributed by atoms with E-state index in [4.69, 9.17) is 19.9 Å². The van der Waals surface area contributed by atoms with Gasteiger partial charge in [-0.1, -0.05) is 12.1 Å². The molecular weight excluding hydrogens is 414 g/mol. The van der Waals surface area contributed by atoms with Crippen LogP contribution in [0.4, 0.5) is 5.69 Å². The average molecular weight is 437 g/mol. The van der Waals surface area contributed by atoms with Gasteiger partial charge in [-0.15, -0.1) is 0 Å². The van der Waals surface area contributed by atoms with Crippen molar-refractivity contribution in [2.24, 2.45) is 5.73 Å². The number of benzene rings is 2. The van der Waals surface area contributed by atoms with E-state index in [1.807, 2.05) is 12.1 Å². The van der Waals surface area contributed by atoms with Crippen molar-refractivity contribution in [1.82, 2.24) is 15.2 Å². The molecule has 0 atom stereocenters. The number of hydrogen-bond acceptors (Lipinski definition) is 7. The van der Waals surface area contributed by atoms with E-state index in [-0.39, 0.29) is 35.3 Å². The highest BCUT2D eigenvalue weighted by Crippen LogP contribution is 2.39. The summed E-state index contributed by atoms with van der Waals surface area (Å²) < 4.78 is 16.0. The van der Waals surface area contributed by atoms with Gasteiger partial charge in [-0.2, -0.15) is 5.10 Å². The van der Waals surface area contributed by atoms with Gasteiger partial charge in [0.2, 0.25) is 5.75 Å². The van der Waals surface area contributed by atoms with Gasteiger partial charge in [0.05, 0.1) is 14.2 Å². The van der Waals surface area contributed by atoms with Crippen molar-refractivity contribution >= 4 is 17.5 Å². The molecule has 2 aromatic carbocycles. The van der Waals surface area contributed by atoms with Crippen LogP contribution in [0.3, 0.4) is 0 Å². The Bertz CT molecular complexity index is 1130. The molecule has 166 valence electrons. The van der Waals surface area contributed by atoms with Gasteiger partial charge in [-0.25, -0.2) is 4.98 Å². The van der Waals surface area contributed by atoms with E-state index in [0.29, 0.717) is 17.4 Å². The van der Waals surface area contributed by atoms with Crippen LogP contribution in [-0.2, 0) is 4.79 Å². The van der Waals surface area contributed by atoms with Crippen molar-refractivity contribution in [3.05, 3.63) is 47.8 Å². The lowest BCUT2D eigenvalue weighted by Crippen LogP contribution is -2.20. The number of aromatic nitrogens is 3. The van der Waals surface area contributed by atoms with Crippen molar-refractivity contribution < 1.29 is 23.8 Å². The molecule has 1 heterocycles. The number of primary amides is 1.